The Hall–Kier alpha value is -1.44. The van der Waals surface area contributed by atoms with E-state index in [2.05, 4.69) is 14.7 Å². The predicted octanol–water partition coefficient (Wildman–Crippen LogP) is 0.190. The largest absolute Gasteiger partial charge is 0.345 e. The zero-order chi connectivity index (χ0) is 12.3. The Morgan fingerprint density at radius 3 is 3.06 bits per heavy atom. The molecule has 92 valence electrons. The van der Waals surface area contributed by atoms with Gasteiger partial charge in [-0.25, -0.2) is 18.1 Å². The summed E-state index contributed by atoms with van der Waals surface area (Å²) in [6.45, 7) is 0.795. The Kier molecular flexibility index (Phi) is 3.41. The van der Waals surface area contributed by atoms with Crippen molar-refractivity contribution in [3.8, 4) is 0 Å². The van der Waals surface area contributed by atoms with Gasteiger partial charge in [-0.2, -0.15) is 0 Å². The van der Waals surface area contributed by atoms with E-state index in [-0.39, 0.29) is 4.90 Å². The molecule has 0 saturated heterocycles. The molecular formula is C10H14N4O2S. The molecule has 17 heavy (non-hydrogen) atoms. The highest BCUT2D eigenvalue weighted by atomic mass is 32.2. The Labute approximate surface area is 99.3 Å². The van der Waals surface area contributed by atoms with Crippen molar-refractivity contribution in [1.29, 1.82) is 0 Å². The molecule has 0 radical (unpaired) electrons. The summed E-state index contributed by atoms with van der Waals surface area (Å²) in [4.78, 5) is 7.09. The quantitative estimate of drug-likeness (QED) is 0.663. The van der Waals surface area contributed by atoms with Gasteiger partial charge in [-0.1, -0.05) is 0 Å². The fraction of sp³-hybridized carbons (Fsp3) is 0.300. The van der Waals surface area contributed by atoms with E-state index in [0.717, 1.165) is 0 Å². The van der Waals surface area contributed by atoms with Crippen LogP contribution in [0.2, 0.25) is 0 Å². The zero-order valence-corrected chi connectivity index (χ0v) is 10.00. The predicted molar refractivity (Wildman–Crippen MR) is 65.0 cm³/mol. The minimum Gasteiger partial charge on any atom is -0.345 e. The first kappa shape index (κ1) is 12.0. The number of nitrogens with two attached hydrogens (primary N) is 1. The molecule has 0 saturated carbocycles. The molecule has 7 heteroatoms. The monoisotopic (exact) mass is 254 g/mol. The van der Waals surface area contributed by atoms with Gasteiger partial charge in [0.2, 0.25) is 10.0 Å². The van der Waals surface area contributed by atoms with E-state index in [1.54, 1.807) is 18.3 Å². The molecule has 2 aromatic heterocycles. The maximum Gasteiger partial charge on any atom is 0.242 e. The second-order valence-corrected chi connectivity index (χ2v) is 5.33. The van der Waals surface area contributed by atoms with Gasteiger partial charge in [-0.05, 0) is 25.1 Å². The first-order chi connectivity index (χ1) is 8.15. The number of hydrogen-bond donors (Lipinski definition) is 3. The zero-order valence-electron chi connectivity index (χ0n) is 9.18. The maximum absolute atomic E-state index is 12.0. The number of nitrogens with one attached hydrogen (secondary N) is 2. The molecular weight excluding hydrogens is 240 g/mol. The highest BCUT2D eigenvalue weighted by molar-refractivity contribution is 7.89. The molecule has 0 spiro atoms. The average molecular weight is 254 g/mol. The molecule has 0 aliphatic rings. The van der Waals surface area contributed by atoms with Crippen LogP contribution >= 0.6 is 0 Å². The van der Waals surface area contributed by atoms with E-state index in [0.29, 0.717) is 30.5 Å². The fourth-order valence-electron chi connectivity index (χ4n) is 1.54. The van der Waals surface area contributed by atoms with E-state index in [4.69, 9.17) is 5.73 Å². The molecule has 2 heterocycles. The number of fused-ring (bicyclic) bond motifs is 1. The van der Waals surface area contributed by atoms with Gasteiger partial charge in [-0.3, -0.25) is 0 Å². The van der Waals surface area contributed by atoms with Gasteiger partial charge in [0.25, 0.3) is 0 Å². The lowest BCUT2D eigenvalue weighted by Gasteiger charge is -2.04. The summed E-state index contributed by atoms with van der Waals surface area (Å²) >= 11 is 0. The number of aromatic amines is 1. The van der Waals surface area contributed by atoms with Crippen LogP contribution in [0.1, 0.15) is 6.42 Å². The lowest BCUT2D eigenvalue weighted by atomic mass is 10.3. The van der Waals surface area contributed by atoms with Gasteiger partial charge in [0.1, 0.15) is 10.5 Å². The second kappa shape index (κ2) is 4.82. The van der Waals surface area contributed by atoms with E-state index in [1.165, 1.54) is 6.20 Å². The summed E-state index contributed by atoms with van der Waals surface area (Å²) in [6.07, 6.45) is 3.67. The molecule has 0 amide bonds. The van der Waals surface area contributed by atoms with Gasteiger partial charge in [0.15, 0.2) is 0 Å². The van der Waals surface area contributed by atoms with E-state index in [9.17, 15) is 8.42 Å². The SMILES string of the molecule is NCCCNS(=O)(=O)c1c[nH]c2ncccc12. The normalized spacial score (nSPS) is 12.1. The lowest BCUT2D eigenvalue weighted by Crippen LogP contribution is -2.26. The minimum atomic E-state index is -3.49. The van der Waals surface area contributed by atoms with Crippen molar-refractivity contribution >= 4 is 21.1 Å². The smallest absolute Gasteiger partial charge is 0.242 e. The summed E-state index contributed by atoms with van der Waals surface area (Å²) in [7, 11) is -3.49. The van der Waals surface area contributed by atoms with Crippen LogP contribution in [0.15, 0.2) is 29.4 Å². The van der Waals surface area contributed by atoms with Crippen LogP contribution in [0.4, 0.5) is 0 Å². The molecule has 0 fully saturated rings. The first-order valence-electron chi connectivity index (χ1n) is 5.27. The van der Waals surface area contributed by atoms with E-state index >= 15 is 0 Å². The van der Waals surface area contributed by atoms with Crippen LogP contribution in [0.5, 0.6) is 0 Å². The number of H-pyrrole nitrogens is 1. The van der Waals surface area contributed by atoms with Crippen LogP contribution in [0.25, 0.3) is 11.0 Å². The van der Waals surface area contributed by atoms with Crippen LogP contribution in [-0.4, -0.2) is 31.5 Å². The number of sulfonamides is 1. The van der Waals surface area contributed by atoms with Crippen LogP contribution < -0.4 is 10.5 Å². The van der Waals surface area contributed by atoms with Crippen molar-refractivity contribution in [2.45, 2.75) is 11.3 Å². The number of aromatic nitrogens is 2. The van der Waals surface area contributed by atoms with Crippen molar-refractivity contribution < 1.29 is 8.42 Å². The third-order valence-corrected chi connectivity index (χ3v) is 3.88. The third-order valence-electron chi connectivity index (χ3n) is 2.38. The summed E-state index contributed by atoms with van der Waals surface area (Å²) in [6, 6.07) is 3.42. The molecule has 2 rings (SSSR count). The molecule has 0 atom stereocenters. The van der Waals surface area contributed by atoms with E-state index < -0.39 is 10.0 Å². The third kappa shape index (κ3) is 2.46. The van der Waals surface area contributed by atoms with Gasteiger partial charge in [-0.15, -0.1) is 0 Å². The molecule has 4 N–H and O–H groups in total. The highest BCUT2D eigenvalue weighted by Gasteiger charge is 2.18. The second-order valence-electron chi connectivity index (χ2n) is 3.59. The summed E-state index contributed by atoms with van der Waals surface area (Å²) in [5, 5.41) is 0.591. The topological polar surface area (TPSA) is 101 Å². The summed E-state index contributed by atoms with van der Waals surface area (Å²) in [5.74, 6) is 0. The van der Waals surface area contributed by atoms with Crippen LogP contribution in [0.3, 0.4) is 0 Å². The molecule has 0 unspecified atom stereocenters. The van der Waals surface area contributed by atoms with Gasteiger partial charge < -0.3 is 10.7 Å². The van der Waals surface area contributed by atoms with Crippen molar-refractivity contribution in [1.82, 2.24) is 14.7 Å². The van der Waals surface area contributed by atoms with Gasteiger partial charge in [0.05, 0.1) is 0 Å². The standard InChI is InChI=1S/C10H14N4O2S/c11-4-2-6-14-17(15,16)9-7-13-10-8(9)3-1-5-12-10/h1,3,5,7,14H,2,4,6,11H2,(H,12,13). The van der Waals surface area contributed by atoms with Crippen molar-refractivity contribution in [3.05, 3.63) is 24.5 Å². The minimum absolute atomic E-state index is 0.220. The fourth-order valence-corrected chi connectivity index (χ4v) is 2.78. The Morgan fingerprint density at radius 1 is 1.47 bits per heavy atom. The average Bonchev–Trinajstić information content (AvgIpc) is 2.73. The molecule has 2 aromatic rings. The number of rotatable bonds is 5. The van der Waals surface area contributed by atoms with Crippen molar-refractivity contribution in [3.63, 3.8) is 0 Å². The summed E-state index contributed by atoms with van der Waals surface area (Å²) < 4.78 is 26.5. The Bertz CT molecular complexity index is 606. The molecule has 0 aliphatic carbocycles. The van der Waals surface area contributed by atoms with Crippen molar-refractivity contribution in [2.75, 3.05) is 13.1 Å². The first-order valence-corrected chi connectivity index (χ1v) is 6.75. The molecule has 0 bridgehead atoms. The Balaban J connectivity index is 2.33. The number of pyridine rings is 1. The van der Waals surface area contributed by atoms with Gasteiger partial charge in [0, 0.05) is 24.3 Å². The summed E-state index contributed by atoms with van der Waals surface area (Å²) in [5.41, 5.74) is 5.88. The van der Waals surface area contributed by atoms with Crippen LogP contribution in [0, 0.1) is 0 Å². The van der Waals surface area contributed by atoms with Gasteiger partial charge >= 0.3 is 0 Å². The molecule has 0 aliphatic heterocycles. The number of nitrogens with zero attached hydrogens (tertiary/aromatic N) is 1. The highest BCUT2D eigenvalue weighted by Crippen LogP contribution is 2.20. The van der Waals surface area contributed by atoms with E-state index in [1.807, 2.05) is 0 Å². The number of hydrogen-bond acceptors (Lipinski definition) is 4. The van der Waals surface area contributed by atoms with Crippen LogP contribution in [-0.2, 0) is 10.0 Å². The molecule has 6 nitrogen and oxygen atoms in total. The van der Waals surface area contributed by atoms with Crippen molar-refractivity contribution in [2.24, 2.45) is 5.73 Å². The lowest BCUT2D eigenvalue weighted by molar-refractivity contribution is 0.580. The maximum atomic E-state index is 12.0. The Morgan fingerprint density at radius 2 is 2.29 bits per heavy atom. The molecule has 0 aromatic carbocycles.